The van der Waals surface area contributed by atoms with Crippen LogP contribution in [0.4, 0.5) is 0 Å². The van der Waals surface area contributed by atoms with Crippen molar-refractivity contribution < 1.29 is 33.6 Å². The van der Waals surface area contributed by atoms with Crippen molar-refractivity contribution in [2.24, 2.45) is 0 Å². The van der Waals surface area contributed by atoms with Gasteiger partial charge in [0.1, 0.15) is 5.75 Å². The Labute approximate surface area is 196 Å². The fraction of sp³-hybridized carbons (Fsp3) is 0.192. The van der Waals surface area contributed by atoms with E-state index in [2.05, 4.69) is 4.98 Å². The first-order chi connectivity index (χ1) is 16.5. The molecule has 0 bridgehead atoms. The zero-order valence-electron chi connectivity index (χ0n) is 19.5. The van der Waals surface area contributed by atoms with Crippen LogP contribution in [-0.2, 0) is 0 Å². The standard InChI is InChI=1S/C26H25NO7/c1-30-16-8-6-14(7-9-16)22-21(17-10-11-18(31-2)25(29)23(17)27-22)24(28)15-12-19(32-3)26(34-5)20(13-15)33-4/h6-13,27,29H,1-5H3. The van der Waals surface area contributed by atoms with E-state index in [9.17, 15) is 9.90 Å². The molecule has 8 heteroatoms. The number of aromatic nitrogens is 1. The Morgan fingerprint density at radius 2 is 1.38 bits per heavy atom. The van der Waals surface area contributed by atoms with Crippen LogP contribution >= 0.6 is 0 Å². The van der Waals surface area contributed by atoms with Gasteiger partial charge in [-0.3, -0.25) is 4.79 Å². The van der Waals surface area contributed by atoms with Gasteiger partial charge < -0.3 is 33.8 Å². The van der Waals surface area contributed by atoms with Crippen molar-refractivity contribution in [1.82, 2.24) is 4.98 Å². The summed E-state index contributed by atoms with van der Waals surface area (Å²) in [6.45, 7) is 0. The molecule has 3 aromatic carbocycles. The molecule has 34 heavy (non-hydrogen) atoms. The third kappa shape index (κ3) is 3.73. The van der Waals surface area contributed by atoms with Crippen molar-refractivity contribution >= 4 is 16.7 Å². The summed E-state index contributed by atoms with van der Waals surface area (Å²) < 4.78 is 26.8. The average Bonchev–Trinajstić information content (AvgIpc) is 3.28. The maximum atomic E-state index is 13.9. The normalized spacial score (nSPS) is 10.7. The number of H-pyrrole nitrogens is 1. The first-order valence-electron chi connectivity index (χ1n) is 10.4. The van der Waals surface area contributed by atoms with Gasteiger partial charge in [0.05, 0.1) is 52.3 Å². The summed E-state index contributed by atoms with van der Waals surface area (Å²) >= 11 is 0. The first kappa shape index (κ1) is 22.8. The highest BCUT2D eigenvalue weighted by Gasteiger charge is 2.26. The topological polar surface area (TPSA) is 99.2 Å². The minimum Gasteiger partial charge on any atom is -0.503 e. The number of nitrogens with one attached hydrogen (secondary N) is 1. The predicted octanol–water partition coefficient (Wildman–Crippen LogP) is 4.81. The van der Waals surface area contributed by atoms with Gasteiger partial charge >= 0.3 is 0 Å². The molecule has 0 aliphatic carbocycles. The molecule has 0 spiro atoms. The van der Waals surface area contributed by atoms with Gasteiger partial charge in [0.2, 0.25) is 5.75 Å². The highest BCUT2D eigenvalue weighted by molar-refractivity contribution is 6.21. The fourth-order valence-electron chi connectivity index (χ4n) is 3.96. The first-order valence-corrected chi connectivity index (χ1v) is 10.4. The lowest BCUT2D eigenvalue weighted by molar-refractivity contribution is 0.104. The Hall–Kier alpha value is -4.33. The summed E-state index contributed by atoms with van der Waals surface area (Å²) in [4.78, 5) is 17.1. The molecule has 1 aromatic heterocycles. The van der Waals surface area contributed by atoms with Crippen molar-refractivity contribution in [2.45, 2.75) is 0 Å². The Balaban J connectivity index is 1.98. The van der Waals surface area contributed by atoms with E-state index in [1.807, 2.05) is 12.1 Å². The third-order valence-corrected chi connectivity index (χ3v) is 5.66. The summed E-state index contributed by atoms with van der Waals surface area (Å²) in [5, 5.41) is 11.3. The highest BCUT2D eigenvalue weighted by atomic mass is 16.5. The summed E-state index contributed by atoms with van der Waals surface area (Å²) in [5.74, 6) is 1.71. The van der Waals surface area contributed by atoms with Gasteiger partial charge in [-0.15, -0.1) is 0 Å². The molecule has 0 aliphatic heterocycles. The van der Waals surface area contributed by atoms with Crippen molar-refractivity contribution in [3.05, 3.63) is 59.7 Å². The minimum absolute atomic E-state index is 0.0845. The number of hydrogen-bond donors (Lipinski definition) is 2. The third-order valence-electron chi connectivity index (χ3n) is 5.66. The molecule has 176 valence electrons. The van der Waals surface area contributed by atoms with Crippen molar-refractivity contribution in [1.29, 1.82) is 0 Å². The smallest absolute Gasteiger partial charge is 0.203 e. The number of ketones is 1. The van der Waals surface area contributed by atoms with Gasteiger partial charge in [-0.1, -0.05) is 0 Å². The average molecular weight is 463 g/mol. The maximum Gasteiger partial charge on any atom is 0.203 e. The summed E-state index contributed by atoms with van der Waals surface area (Å²) in [6.07, 6.45) is 0. The Kier molecular flexibility index (Phi) is 6.23. The summed E-state index contributed by atoms with van der Waals surface area (Å²) in [7, 11) is 7.53. The maximum absolute atomic E-state index is 13.9. The monoisotopic (exact) mass is 463 g/mol. The van der Waals surface area contributed by atoms with E-state index >= 15 is 0 Å². The molecule has 1 heterocycles. The van der Waals surface area contributed by atoms with E-state index in [1.54, 1.807) is 43.5 Å². The number of ether oxygens (including phenoxy) is 5. The molecule has 8 nitrogen and oxygen atoms in total. The summed E-state index contributed by atoms with van der Waals surface area (Å²) in [6, 6.07) is 13.8. The predicted molar refractivity (Wildman–Crippen MR) is 128 cm³/mol. The molecule has 0 fully saturated rings. The van der Waals surface area contributed by atoms with Crippen LogP contribution in [0.5, 0.6) is 34.5 Å². The second kappa shape index (κ2) is 9.27. The number of benzene rings is 3. The minimum atomic E-state index is -0.291. The Bertz CT molecular complexity index is 1330. The van der Waals surface area contributed by atoms with Crippen molar-refractivity contribution in [3.63, 3.8) is 0 Å². The molecule has 4 rings (SSSR count). The highest BCUT2D eigenvalue weighted by Crippen LogP contribution is 2.43. The van der Waals surface area contributed by atoms with Crippen LogP contribution in [0.25, 0.3) is 22.2 Å². The Morgan fingerprint density at radius 3 is 1.91 bits per heavy atom. The van der Waals surface area contributed by atoms with E-state index in [0.29, 0.717) is 56.5 Å². The molecular formula is C26H25NO7. The van der Waals surface area contributed by atoms with Crippen molar-refractivity contribution in [3.8, 4) is 45.8 Å². The van der Waals surface area contributed by atoms with E-state index in [1.165, 1.54) is 28.4 Å². The number of phenolic OH excluding ortho intramolecular Hbond substituents is 1. The molecule has 0 radical (unpaired) electrons. The van der Waals surface area contributed by atoms with E-state index < -0.39 is 0 Å². The molecular weight excluding hydrogens is 438 g/mol. The molecule has 2 N–H and O–H groups in total. The number of methoxy groups -OCH3 is 5. The van der Waals surface area contributed by atoms with Crippen molar-refractivity contribution in [2.75, 3.05) is 35.5 Å². The summed E-state index contributed by atoms with van der Waals surface area (Å²) in [5.41, 5.74) is 2.39. The van der Waals surface area contributed by atoms with Gasteiger partial charge in [0, 0.05) is 10.9 Å². The van der Waals surface area contributed by atoms with Crippen LogP contribution in [-0.4, -0.2) is 51.4 Å². The van der Waals surface area contributed by atoms with Crippen LogP contribution in [0.2, 0.25) is 0 Å². The molecule has 0 saturated heterocycles. The molecule has 0 unspecified atom stereocenters. The molecule has 0 aliphatic rings. The van der Waals surface area contributed by atoms with Gasteiger partial charge in [-0.25, -0.2) is 0 Å². The van der Waals surface area contributed by atoms with Gasteiger partial charge in [0.15, 0.2) is 28.8 Å². The van der Waals surface area contributed by atoms with Gasteiger partial charge in [-0.2, -0.15) is 0 Å². The molecule has 0 saturated carbocycles. The number of rotatable bonds is 8. The number of carbonyl (C=O) groups excluding carboxylic acids is 1. The molecule has 0 amide bonds. The van der Waals surface area contributed by atoms with E-state index in [4.69, 9.17) is 23.7 Å². The van der Waals surface area contributed by atoms with Crippen LogP contribution < -0.4 is 23.7 Å². The van der Waals surface area contributed by atoms with Crippen LogP contribution in [0.1, 0.15) is 15.9 Å². The molecule has 0 atom stereocenters. The number of aromatic hydroxyl groups is 1. The number of carbonyl (C=O) groups is 1. The van der Waals surface area contributed by atoms with Crippen LogP contribution in [0.3, 0.4) is 0 Å². The lowest BCUT2D eigenvalue weighted by Gasteiger charge is -2.14. The number of aromatic amines is 1. The zero-order chi connectivity index (χ0) is 24.4. The quantitative estimate of drug-likeness (QED) is 0.362. The SMILES string of the molecule is COc1ccc(-c2[nH]c3c(O)c(OC)ccc3c2C(=O)c2cc(OC)c(OC)c(OC)c2)cc1. The van der Waals surface area contributed by atoms with E-state index in [-0.39, 0.29) is 11.5 Å². The lowest BCUT2D eigenvalue weighted by atomic mass is 9.96. The molecule has 4 aromatic rings. The van der Waals surface area contributed by atoms with Crippen LogP contribution in [0, 0.1) is 0 Å². The largest absolute Gasteiger partial charge is 0.503 e. The second-order valence-corrected chi connectivity index (χ2v) is 7.39. The zero-order valence-corrected chi connectivity index (χ0v) is 19.5. The number of phenols is 1. The van der Waals surface area contributed by atoms with Crippen LogP contribution in [0.15, 0.2) is 48.5 Å². The van der Waals surface area contributed by atoms with E-state index in [0.717, 1.165) is 5.56 Å². The number of hydrogen-bond acceptors (Lipinski definition) is 7. The second-order valence-electron chi connectivity index (χ2n) is 7.39. The Morgan fingerprint density at radius 1 is 0.765 bits per heavy atom. The van der Waals surface area contributed by atoms with Gasteiger partial charge in [-0.05, 0) is 54.1 Å². The number of fused-ring (bicyclic) bond motifs is 1. The lowest BCUT2D eigenvalue weighted by Crippen LogP contribution is -2.05. The van der Waals surface area contributed by atoms with Gasteiger partial charge in [0.25, 0.3) is 0 Å². The fourth-order valence-corrected chi connectivity index (χ4v) is 3.96.